The van der Waals surface area contributed by atoms with Crippen LogP contribution in [0.2, 0.25) is 0 Å². The van der Waals surface area contributed by atoms with Gasteiger partial charge >= 0.3 is 0 Å². The highest BCUT2D eigenvalue weighted by molar-refractivity contribution is 7.89. The lowest BCUT2D eigenvalue weighted by Crippen LogP contribution is -2.30. The van der Waals surface area contributed by atoms with Crippen LogP contribution < -0.4 is 5.73 Å². The zero-order chi connectivity index (χ0) is 15.6. The summed E-state index contributed by atoms with van der Waals surface area (Å²) in [6.45, 7) is 1.93. The summed E-state index contributed by atoms with van der Waals surface area (Å²) in [5.41, 5.74) is 6.07. The van der Waals surface area contributed by atoms with Crippen LogP contribution in [-0.2, 0) is 16.6 Å². The lowest BCUT2D eigenvalue weighted by molar-refractivity contribution is 0.399. The largest absolute Gasteiger partial charge is 0.326 e. The second kappa shape index (κ2) is 6.23. The monoisotopic (exact) mass is 328 g/mol. The fourth-order valence-corrected chi connectivity index (χ4v) is 4.29. The van der Waals surface area contributed by atoms with Crippen molar-refractivity contribution in [2.75, 3.05) is 7.05 Å². The normalized spacial score (nSPS) is 13.6. The average molecular weight is 328 g/mol. The van der Waals surface area contributed by atoms with Crippen LogP contribution >= 0.6 is 11.3 Å². The van der Waals surface area contributed by atoms with E-state index in [1.54, 1.807) is 6.92 Å². The van der Waals surface area contributed by atoms with E-state index in [2.05, 4.69) is 0 Å². The van der Waals surface area contributed by atoms with Crippen LogP contribution in [0.1, 0.15) is 23.4 Å². The van der Waals surface area contributed by atoms with Crippen LogP contribution in [0.25, 0.3) is 0 Å². The minimum Gasteiger partial charge on any atom is -0.326 e. The van der Waals surface area contributed by atoms with Gasteiger partial charge in [0.25, 0.3) is 0 Å². The number of hydrogen-bond donors (Lipinski definition) is 1. The molecule has 0 saturated carbocycles. The van der Waals surface area contributed by atoms with Gasteiger partial charge in [0.15, 0.2) is 0 Å². The van der Waals surface area contributed by atoms with Gasteiger partial charge in [-0.05, 0) is 36.1 Å². The number of benzene rings is 1. The molecule has 4 nitrogen and oxygen atoms in total. The molecule has 2 rings (SSSR count). The highest BCUT2D eigenvalue weighted by atomic mass is 32.2. The molecule has 0 aliphatic carbocycles. The maximum absolute atomic E-state index is 13.9. The molecule has 7 heteroatoms. The third-order valence-electron chi connectivity index (χ3n) is 3.39. The Bertz CT molecular complexity index is 715. The molecule has 0 fully saturated rings. The third kappa shape index (κ3) is 3.16. The number of hydrogen-bond acceptors (Lipinski definition) is 4. The Kier molecular flexibility index (Phi) is 4.77. The van der Waals surface area contributed by atoms with Gasteiger partial charge in [-0.1, -0.05) is 12.1 Å². The highest BCUT2D eigenvalue weighted by Gasteiger charge is 2.29. The number of nitrogens with two attached hydrogens (primary N) is 1. The van der Waals surface area contributed by atoms with Crippen molar-refractivity contribution >= 4 is 21.4 Å². The van der Waals surface area contributed by atoms with Crippen LogP contribution in [-0.4, -0.2) is 19.8 Å². The van der Waals surface area contributed by atoms with Crippen molar-refractivity contribution in [3.63, 3.8) is 0 Å². The Labute approximate surface area is 128 Å². The maximum Gasteiger partial charge on any atom is 0.246 e. The summed E-state index contributed by atoms with van der Waals surface area (Å²) in [5, 5.41) is 1.88. The molecule has 0 aliphatic heterocycles. The first-order valence-corrected chi connectivity index (χ1v) is 8.70. The Hall–Kier alpha value is -1.28. The highest BCUT2D eigenvalue weighted by Crippen LogP contribution is 2.29. The van der Waals surface area contributed by atoms with Crippen LogP contribution in [0, 0.1) is 5.82 Å². The van der Waals surface area contributed by atoms with E-state index in [1.807, 2.05) is 17.5 Å². The van der Waals surface area contributed by atoms with E-state index in [4.69, 9.17) is 5.73 Å². The van der Waals surface area contributed by atoms with E-state index >= 15 is 0 Å². The van der Waals surface area contributed by atoms with Gasteiger partial charge < -0.3 is 5.73 Å². The fourth-order valence-electron chi connectivity index (χ4n) is 1.94. The smallest absolute Gasteiger partial charge is 0.246 e. The summed E-state index contributed by atoms with van der Waals surface area (Å²) >= 11 is 1.46. The molecule has 21 heavy (non-hydrogen) atoms. The van der Waals surface area contributed by atoms with E-state index < -0.39 is 15.8 Å². The molecule has 1 unspecified atom stereocenters. The van der Waals surface area contributed by atoms with Crippen LogP contribution in [0.15, 0.2) is 40.6 Å². The van der Waals surface area contributed by atoms with Crippen molar-refractivity contribution in [1.29, 1.82) is 0 Å². The van der Waals surface area contributed by atoms with E-state index in [0.29, 0.717) is 5.56 Å². The SMILES string of the molecule is CC(c1cccs1)N(C)S(=O)(=O)c1cc(CN)ccc1F. The Morgan fingerprint density at radius 2 is 2.10 bits per heavy atom. The van der Waals surface area contributed by atoms with Crippen LogP contribution in [0.4, 0.5) is 4.39 Å². The second-order valence-corrected chi connectivity index (χ2v) is 7.63. The minimum atomic E-state index is -3.92. The summed E-state index contributed by atoms with van der Waals surface area (Å²) < 4.78 is 40.3. The molecule has 114 valence electrons. The predicted molar refractivity (Wildman–Crippen MR) is 82.0 cm³/mol. The maximum atomic E-state index is 13.9. The lowest BCUT2D eigenvalue weighted by atomic mass is 10.2. The summed E-state index contributed by atoms with van der Waals surface area (Å²) in [6, 6.07) is 7.26. The zero-order valence-corrected chi connectivity index (χ0v) is 13.4. The van der Waals surface area contributed by atoms with Gasteiger partial charge in [0.05, 0.1) is 6.04 Å². The van der Waals surface area contributed by atoms with Crippen molar-refractivity contribution in [2.24, 2.45) is 5.73 Å². The number of halogens is 1. The molecule has 1 atom stereocenters. The lowest BCUT2D eigenvalue weighted by Gasteiger charge is -2.24. The van der Waals surface area contributed by atoms with Gasteiger partial charge in [-0.2, -0.15) is 4.31 Å². The average Bonchev–Trinajstić information content (AvgIpc) is 3.00. The van der Waals surface area contributed by atoms with Crippen molar-refractivity contribution < 1.29 is 12.8 Å². The quantitative estimate of drug-likeness (QED) is 0.918. The molecular weight excluding hydrogens is 311 g/mol. The molecule has 0 bridgehead atoms. The summed E-state index contributed by atoms with van der Waals surface area (Å²) in [5.74, 6) is -0.766. The van der Waals surface area contributed by atoms with Gasteiger partial charge in [0.2, 0.25) is 10.0 Å². The molecule has 0 aliphatic rings. The first-order chi connectivity index (χ1) is 9.87. The Morgan fingerprint density at radius 3 is 2.67 bits per heavy atom. The first-order valence-electron chi connectivity index (χ1n) is 6.38. The summed E-state index contributed by atoms with van der Waals surface area (Å²) in [7, 11) is -2.47. The van der Waals surface area contributed by atoms with Gasteiger partial charge in [-0.15, -0.1) is 11.3 Å². The fraction of sp³-hybridized carbons (Fsp3) is 0.286. The van der Waals surface area contributed by atoms with Crippen LogP contribution in [0.5, 0.6) is 0 Å². The van der Waals surface area contributed by atoms with Crippen molar-refractivity contribution in [3.8, 4) is 0 Å². The Balaban J connectivity index is 2.42. The predicted octanol–water partition coefficient (Wildman–Crippen LogP) is 2.73. The number of thiophene rings is 1. The molecular formula is C14H17FN2O2S2. The first kappa shape index (κ1) is 16.1. The molecule has 0 spiro atoms. The summed E-state index contributed by atoms with van der Waals surface area (Å²) in [4.78, 5) is 0.563. The van der Waals surface area contributed by atoms with Crippen molar-refractivity contribution in [3.05, 3.63) is 52.0 Å². The minimum absolute atomic E-state index is 0.160. The Morgan fingerprint density at radius 1 is 1.38 bits per heavy atom. The molecule has 0 amide bonds. The molecule has 1 heterocycles. The van der Waals surface area contributed by atoms with E-state index in [-0.39, 0.29) is 17.5 Å². The van der Waals surface area contributed by atoms with Gasteiger partial charge in [0, 0.05) is 18.5 Å². The second-order valence-electron chi connectivity index (χ2n) is 4.68. The molecule has 2 N–H and O–H groups in total. The van der Waals surface area contributed by atoms with E-state index in [9.17, 15) is 12.8 Å². The number of nitrogens with zero attached hydrogens (tertiary/aromatic N) is 1. The molecule has 0 saturated heterocycles. The van der Waals surface area contributed by atoms with Gasteiger partial charge in [-0.3, -0.25) is 0 Å². The van der Waals surface area contributed by atoms with E-state index in [1.165, 1.54) is 34.8 Å². The molecule has 1 aromatic heterocycles. The zero-order valence-electron chi connectivity index (χ0n) is 11.8. The topological polar surface area (TPSA) is 63.4 Å². The van der Waals surface area contributed by atoms with Crippen molar-refractivity contribution in [2.45, 2.75) is 24.4 Å². The number of rotatable bonds is 5. The van der Waals surface area contributed by atoms with Gasteiger partial charge in [-0.25, -0.2) is 12.8 Å². The van der Waals surface area contributed by atoms with Gasteiger partial charge in [0.1, 0.15) is 10.7 Å². The van der Waals surface area contributed by atoms with Crippen LogP contribution in [0.3, 0.4) is 0 Å². The summed E-state index contributed by atoms with van der Waals surface area (Å²) in [6.07, 6.45) is 0. The molecule has 1 aromatic carbocycles. The van der Waals surface area contributed by atoms with Crippen molar-refractivity contribution in [1.82, 2.24) is 4.31 Å². The standard InChI is InChI=1S/C14H17FN2O2S2/c1-10(13-4-3-7-20-13)17(2)21(18,19)14-8-11(9-16)5-6-12(14)15/h3-8,10H,9,16H2,1-2H3. The third-order valence-corrected chi connectivity index (χ3v) is 6.37. The number of sulfonamides is 1. The van der Waals surface area contributed by atoms with E-state index in [0.717, 1.165) is 10.9 Å². The molecule has 0 radical (unpaired) electrons. The molecule has 2 aromatic rings.